The Morgan fingerprint density at radius 1 is 1.04 bits per heavy atom. The molecule has 0 heterocycles. The van der Waals surface area contributed by atoms with Crippen molar-refractivity contribution in [2.45, 2.75) is 33.1 Å². The van der Waals surface area contributed by atoms with E-state index in [1.165, 1.54) is 5.56 Å². The molecule has 2 aromatic rings. The third-order valence-corrected chi connectivity index (χ3v) is 4.00. The van der Waals surface area contributed by atoms with E-state index in [4.69, 9.17) is 4.74 Å². The molecule has 2 amide bonds. The maximum Gasteiger partial charge on any atom is 0.321 e. The van der Waals surface area contributed by atoms with Crippen LogP contribution in [0.4, 0.5) is 10.5 Å². The number of nitrogens with one attached hydrogen (secondary N) is 1. The standard InChI is InChI=1S/C21H28N2O2/c1-5-23(18-9-7-6-8-10-18)20(24)22-15-16-25-19-13-11-17(12-14-19)21(2,3)4/h6-14H,5,15-16H2,1-4H3,(H,22,24). The topological polar surface area (TPSA) is 41.6 Å². The van der Waals surface area contributed by atoms with Crippen LogP contribution in [0.15, 0.2) is 54.6 Å². The number of hydrogen-bond acceptors (Lipinski definition) is 2. The van der Waals surface area contributed by atoms with Crippen LogP contribution in [0.25, 0.3) is 0 Å². The largest absolute Gasteiger partial charge is 0.492 e. The van der Waals surface area contributed by atoms with Gasteiger partial charge in [-0.3, -0.25) is 4.90 Å². The van der Waals surface area contributed by atoms with Gasteiger partial charge < -0.3 is 10.1 Å². The van der Waals surface area contributed by atoms with Gasteiger partial charge in [-0.2, -0.15) is 0 Å². The van der Waals surface area contributed by atoms with Gasteiger partial charge in [0.1, 0.15) is 12.4 Å². The van der Waals surface area contributed by atoms with Gasteiger partial charge in [-0.15, -0.1) is 0 Å². The first-order valence-corrected chi connectivity index (χ1v) is 8.75. The predicted octanol–water partition coefficient (Wildman–Crippen LogP) is 4.60. The van der Waals surface area contributed by atoms with E-state index in [2.05, 4.69) is 38.2 Å². The van der Waals surface area contributed by atoms with Crippen molar-refractivity contribution < 1.29 is 9.53 Å². The first-order valence-electron chi connectivity index (χ1n) is 8.75. The summed E-state index contributed by atoms with van der Waals surface area (Å²) in [6.07, 6.45) is 0. The van der Waals surface area contributed by atoms with Crippen molar-refractivity contribution in [3.63, 3.8) is 0 Å². The molecule has 0 spiro atoms. The summed E-state index contributed by atoms with van der Waals surface area (Å²) in [5.41, 5.74) is 2.30. The summed E-state index contributed by atoms with van der Waals surface area (Å²) in [7, 11) is 0. The van der Waals surface area contributed by atoms with Gasteiger partial charge >= 0.3 is 6.03 Å². The van der Waals surface area contributed by atoms with E-state index in [-0.39, 0.29) is 11.4 Å². The SMILES string of the molecule is CCN(C(=O)NCCOc1ccc(C(C)(C)C)cc1)c1ccccc1. The lowest BCUT2D eigenvalue weighted by Gasteiger charge is -2.21. The second-order valence-electron chi connectivity index (χ2n) is 6.93. The van der Waals surface area contributed by atoms with Crippen LogP contribution < -0.4 is 15.0 Å². The minimum absolute atomic E-state index is 0.111. The van der Waals surface area contributed by atoms with Crippen molar-refractivity contribution in [3.8, 4) is 5.75 Å². The third-order valence-electron chi connectivity index (χ3n) is 4.00. The highest BCUT2D eigenvalue weighted by atomic mass is 16.5. The number of nitrogens with zero attached hydrogens (tertiary/aromatic N) is 1. The predicted molar refractivity (Wildman–Crippen MR) is 103 cm³/mol. The van der Waals surface area contributed by atoms with Crippen LogP contribution in [0.5, 0.6) is 5.75 Å². The Bertz CT molecular complexity index is 661. The lowest BCUT2D eigenvalue weighted by Crippen LogP contribution is -2.41. The Labute approximate surface area is 150 Å². The van der Waals surface area contributed by atoms with E-state index >= 15 is 0 Å². The number of ether oxygens (including phenoxy) is 1. The average Bonchev–Trinajstić information content (AvgIpc) is 2.60. The van der Waals surface area contributed by atoms with E-state index < -0.39 is 0 Å². The normalized spacial score (nSPS) is 11.0. The van der Waals surface area contributed by atoms with Crippen LogP contribution in [-0.2, 0) is 5.41 Å². The molecule has 2 rings (SSSR count). The quantitative estimate of drug-likeness (QED) is 0.781. The molecule has 0 saturated carbocycles. The van der Waals surface area contributed by atoms with Crippen molar-refractivity contribution in [3.05, 3.63) is 60.2 Å². The van der Waals surface area contributed by atoms with Crippen molar-refractivity contribution in [2.75, 3.05) is 24.6 Å². The van der Waals surface area contributed by atoms with Gasteiger partial charge in [0, 0.05) is 12.2 Å². The van der Waals surface area contributed by atoms with E-state index in [1.54, 1.807) is 4.90 Å². The van der Waals surface area contributed by atoms with E-state index in [0.717, 1.165) is 11.4 Å². The van der Waals surface area contributed by atoms with Gasteiger partial charge in [-0.25, -0.2) is 4.79 Å². The molecule has 134 valence electrons. The Morgan fingerprint density at radius 3 is 2.24 bits per heavy atom. The monoisotopic (exact) mass is 340 g/mol. The fraction of sp³-hybridized carbons (Fsp3) is 0.381. The van der Waals surface area contributed by atoms with Gasteiger partial charge in [0.25, 0.3) is 0 Å². The highest BCUT2D eigenvalue weighted by Gasteiger charge is 2.14. The maximum absolute atomic E-state index is 12.3. The number of para-hydroxylation sites is 1. The molecule has 0 unspecified atom stereocenters. The number of carbonyl (C=O) groups excluding carboxylic acids is 1. The first kappa shape index (κ1) is 18.8. The third kappa shape index (κ3) is 5.52. The van der Waals surface area contributed by atoms with E-state index in [0.29, 0.717) is 19.7 Å². The Balaban J connectivity index is 1.79. The smallest absolute Gasteiger partial charge is 0.321 e. The van der Waals surface area contributed by atoms with E-state index in [1.807, 2.05) is 49.4 Å². The zero-order valence-electron chi connectivity index (χ0n) is 15.6. The molecule has 0 aliphatic heterocycles. The van der Waals surface area contributed by atoms with Crippen LogP contribution in [0.3, 0.4) is 0 Å². The number of benzene rings is 2. The minimum atomic E-state index is -0.111. The molecule has 0 fully saturated rings. The first-order chi connectivity index (χ1) is 11.9. The summed E-state index contributed by atoms with van der Waals surface area (Å²) < 4.78 is 5.71. The number of amides is 2. The summed E-state index contributed by atoms with van der Waals surface area (Å²) in [6, 6.07) is 17.7. The summed E-state index contributed by atoms with van der Waals surface area (Å²) in [6.45, 7) is 10.0. The van der Waals surface area contributed by atoms with Gasteiger partial charge in [0.2, 0.25) is 0 Å². The molecule has 2 aromatic carbocycles. The Morgan fingerprint density at radius 2 is 1.68 bits per heavy atom. The fourth-order valence-electron chi connectivity index (χ4n) is 2.52. The second kappa shape index (κ2) is 8.56. The molecule has 0 aliphatic rings. The van der Waals surface area contributed by atoms with Crippen molar-refractivity contribution in [1.82, 2.24) is 5.32 Å². The van der Waals surface area contributed by atoms with Crippen molar-refractivity contribution >= 4 is 11.7 Å². The number of urea groups is 1. The molecular formula is C21H28N2O2. The number of anilines is 1. The lowest BCUT2D eigenvalue weighted by atomic mass is 9.87. The molecule has 0 aromatic heterocycles. The molecule has 25 heavy (non-hydrogen) atoms. The van der Waals surface area contributed by atoms with Crippen LogP contribution in [0, 0.1) is 0 Å². The van der Waals surface area contributed by atoms with Gasteiger partial charge in [-0.1, -0.05) is 51.1 Å². The molecule has 4 heteroatoms. The number of carbonyl (C=O) groups is 1. The molecule has 1 N–H and O–H groups in total. The van der Waals surface area contributed by atoms with Crippen LogP contribution in [0.2, 0.25) is 0 Å². The summed E-state index contributed by atoms with van der Waals surface area (Å²) in [5.74, 6) is 0.817. The molecule has 0 aliphatic carbocycles. The highest BCUT2D eigenvalue weighted by molar-refractivity contribution is 5.91. The maximum atomic E-state index is 12.3. The Hall–Kier alpha value is -2.49. The van der Waals surface area contributed by atoms with Crippen molar-refractivity contribution in [2.24, 2.45) is 0 Å². The zero-order valence-corrected chi connectivity index (χ0v) is 15.6. The van der Waals surface area contributed by atoms with Gasteiger partial charge in [-0.05, 0) is 42.2 Å². The van der Waals surface area contributed by atoms with Crippen molar-refractivity contribution in [1.29, 1.82) is 0 Å². The van der Waals surface area contributed by atoms with E-state index in [9.17, 15) is 4.79 Å². The average molecular weight is 340 g/mol. The van der Waals surface area contributed by atoms with Gasteiger partial charge in [0.15, 0.2) is 0 Å². The minimum Gasteiger partial charge on any atom is -0.492 e. The van der Waals surface area contributed by atoms with Crippen LogP contribution >= 0.6 is 0 Å². The molecule has 0 radical (unpaired) electrons. The molecular weight excluding hydrogens is 312 g/mol. The summed E-state index contributed by atoms with van der Waals surface area (Å²) >= 11 is 0. The fourth-order valence-corrected chi connectivity index (χ4v) is 2.52. The molecule has 0 bridgehead atoms. The number of rotatable bonds is 6. The zero-order chi connectivity index (χ0) is 18.3. The highest BCUT2D eigenvalue weighted by Crippen LogP contribution is 2.24. The van der Waals surface area contributed by atoms with Gasteiger partial charge in [0.05, 0.1) is 6.54 Å². The summed E-state index contributed by atoms with van der Waals surface area (Å²) in [4.78, 5) is 14.0. The lowest BCUT2D eigenvalue weighted by molar-refractivity contribution is 0.242. The Kier molecular flexibility index (Phi) is 6.45. The molecule has 0 atom stereocenters. The van der Waals surface area contributed by atoms with Crippen LogP contribution in [0.1, 0.15) is 33.3 Å². The molecule has 0 saturated heterocycles. The number of hydrogen-bond donors (Lipinski definition) is 1. The molecule has 4 nitrogen and oxygen atoms in total. The van der Waals surface area contributed by atoms with Crippen LogP contribution in [-0.4, -0.2) is 25.7 Å². The second-order valence-corrected chi connectivity index (χ2v) is 6.93. The summed E-state index contributed by atoms with van der Waals surface area (Å²) in [5, 5.41) is 2.90.